The van der Waals surface area contributed by atoms with E-state index in [1.54, 1.807) is 17.0 Å². The summed E-state index contributed by atoms with van der Waals surface area (Å²) in [7, 11) is 1.97. The number of rotatable bonds is 6. The third-order valence-electron chi connectivity index (χ3n) is 8.23. The van der Waals surface area contributed by atoms with Crippen molar-refractivity contribution >= 4 is 28.4 Å². The van der Waals surface area contributed by atoms with Crippen molar-refractivity contribution in [1.29, 1.82) is 0 Å². The van der Waals surface area contributed by atoms with Crippen LogP contribution in [0.1, 0.15) is 18.0 Å². The van der Waals surface area contributed by atoms with Gasteiger partial charge in [0.2, 0.25) is 5.95 Å². The average Bonchev–Trinajstić information content (AvgIpc) is 3.70. The van der Waals surface area contributed by atoms with Crippen molar-refractivity contribution in [2.75, 3.05) is 49.6 Å². The normalized spacial score (nSPS) is 17.2. The van der Waals surface area contributed by atoms with Crippen LogP contribution in [-0.4, -0.2) is 63.5 Å². The molecule has 0 saturated carbocycles. The maximum absolute atomic E-state index is 14.0. The van der Waals surface area contributed by atoms with Gasteiger partial charge in [-0.3, -0.25) is 9.36 Å². The molecule has 2 aromatic carbocycles. The van der Waals surface area contributed by atoms with Crippen molar-refractivity contribution in [3.8, 4) is 22.5 Å². The Kier molecular flexibility index (Phi) is 6.93. The number of pyridine rings is 1. The predicted molar refractivity (Wildman–Crippen MR) is 165 cm³/mol. The zero-order valence-corrected chi connectivity index (χ0v) is 23.9. The van der Waals surface area contributed by atoms with Crippen LogP contribution in [0, 0.1) is 6.92 Å². The van der Waals surface area contributed by atoms with E-state index in [4.69, 9.17) is 9.72 Å². The fourth-order valence-electron chi connectivity index (χ4n) is 6.02. The quantitative estimate of drug-likeness (QED) is 0.316. The zero-order chi connectivity index (χ0) is 28.6. The van der Waals surface area contributed by atoms with E-state index < -0.39 is 0 Å². The van der Waals surface area contributed by atoms with Gasteiger partial charge in [-0.25, -0.2) is 9.97 Å². The third-order valence-corrected chi connectivity index (χ3v) is 8.23. The Bertz CT molecular complexity index is 1800. The summed E-state index contributed by atoms with van der Waals surface area (Å²) in [6.45, 7) is 7.23. The number of anilines is 3. The Morgan fingerprint density at radius 2 is 1.83 bits per heavy atom. The van der Waals surface area contributed by atoms with Gasteiger partial charge in [0, 0.05) is 86.3 Å². The topological polar surface area (TPSA) is 102 Å². The van der Waals surface area contributed by atoms with Gasteiger partial charge in [-0.1, -0.05) is 24.3 Å². The molecule has 0 spiro atoms. The Morgan fingerprint density at radius 3 is 2.55 bits per heavy atom. The van der Waals surface area contributed by atoms with E-state index >= 15 is 0 Å². The molecule has 0 aliphatic carbocycles. The number of nitrogens with one attached hydrogen (secondary N) is 2. The molecule has 0 radical (unpaired) electrons. The van der Waals surface area contributed by atoms with Crippen LogP contribution in [0.5, 0.6) is 0 Å². The summed E-state index contributed by atoms with van der Waals surface area (Å²) < 4.78 is 9.47. The number of hydrogen-bond acceptors (Lipinski definition) is 8. The number of benzene rings is 2. The maximum Gasteiger partial charge on any atom is 0.260 e. The third kappa shape index (κ3) is 4.93. The van der Waals surface area contributed by atoms with Crippen LogP contribution in [0.2, 0.25) is 0 Å². The second-order valence-electron chi connectivity index (χ2n) is 11.0. The van der Waals surface area contributed by atoms with Crippen LogP contribution in [0.25, 0.3) is 33.5 Å². The highest BCUT2D eigenvalue weighted by Gasteiger charge is 2.24. The molecule has 5 heterocycles. The summed E-state index contributed by atoms with van der Waals surface area (Å²) in [6.07, 6.45) is 6.25. The average molecular weight is 563 g/mol. The van der Waals surface area contributed by atoms with Crippen LogP contribution in [0.3, 0.4) is 0 Å². The van der Waals surface area contributed by atoms with E-state index in [0.29, 0.717) is 30.4 Å². The molecule has 2 N–H and O–H groups in total. The number of aromatic nitrogens is 5. The van der Waals surface area contributed by atoms with E-state index in [9.17, 15) is 4.79 Å². The largest absolute Gasteiger partial charge is 0.379 e. The summed E-state index contributed by atoms with van der Waals surface area (Å²) in [6, 6.07) is 16.1. The molecule has 0 amide bonds. The van der Waals surface area contributed by atoms with Crippen LogP contribution in [0.15, 0.2) is 71.9 Å². The van der Waals surface area contributed by atoms with Gasteiger partial charge in [0.1, 0.15) is 11.5 Å². The maximum atomic E-state index is 14.0. The Balaban J connectivity index is 1.24. The molecule has 2 fully saturated rings. The Hall–Kier alpha value is -4.54. The molecule has 3 aromatic heterocycles. The van der Waals surface area contributed by atoms with E-state index in [1.165, 1.54) is 11.3 Å². The minimum absolute atomic E-state index is 0.0800. The van der Waals surface area contributed by atoms with Gasteiger partial charge in [0.15, 0.2) is 0 Å². The molecule has 1 unspecified atom stereocenters. The summed E-state index contributed by atoms with van der Waals surface area (Å²) in [5.41, 5.74) is 6.33. The standard InChI is InChI=1S/C32H34N8O2/c1-21-17-25(7-8-28(21)39-14-10-33-11-15-39)36-32-35-19-24-18-27(31(41)40(30(24)37-32)26-9-16-42-20-26)22-3-5-23(6-4-22)29-34-12-13-38(29)2/h3-8,12-13,17-19,26,33H,9-11,14-16,20H2,1-2H3,(H,35,36,37). The van der Waals surface area contributed by atoms with Crippen LogP contribution < -0.4 is 21.1 Å². The Labute approximate surface area is 244 Å². The van der Waals surface area contributed by atoms with Crippen LogP contribution in [-0.2, 0) is 11.8 Å². The van der Waals surface area contributed by atoms with E-state index in [-0.39, 0.29) is 11.6 Å². The smallest absolute Gasteiger partial charge is 0.260 e. The minimum atomic E-state index is -0.0879. The van der Waals surface area contributed by atoms with Crippen molar-refractivity contribution in [3.05, 3.63) is 83.0 Å². The molecular formula is C32H34N8O2. The first kappa shape index (κ1) is 26.4. The van der Waals surface area contributed by atoms with Crippen molar-refractivity contribution in [1.82, 2.24) is 29.4 Å². The second-order valence-corrected chi connectivity index (χ2v) is 11.0. The van der Waals surface area contributed by atoms with E-state index in [0.717, 1.165) is 60.6 Å². The van der Waals surface area contributed by atoms with Crippen molar-refractivity contribution in [2.24, 2.45) is 7.05 Å². The fraction of sp³-hybridized carbons (Fsp3) is 0.312. The number of aryl methyl sites for hydroxylation is 2. The first-order chi connectivity index (χ1) is 20.5. The molecule has 10 nitrogen and oxygen atoms in total. The number of nitrogens with zero attached hydrogens (tertiary/aromatic N) is 6. The lowest BCUT2D eigenvalue weighted by molar-refractivity contribution is 0.186. The summed E-state index contributed by atoms with van der Waals surface area (Å²) >= 11 is 0. The lowest BCUT2D eigenvalue weighted by Crippen LogP contribution is -2.43. The zero-order valence-electron chi connectivity index (χ0n) is 23.9. The number of imidazole rings is 1. The molecular weight excluding hydrogens is 528 g/mol. The molecule has 7 rings (SSSR count). The van der Waals surface area contributed by atoms with Crippen molar-refractivity contribution in [2.45, 2.75) is 19.4 Å². The highest BCUT2D eigenvalue weighted by atomic mass is 16.5. The molecule has 5 aromatic rings. The van der Waals surface area contributed by atoms with Crippen molar-refractivity contribution < 1.29 is 4.74 Å². The molecule has 214 valence electrons. The van der Waals surface area contributed by atoms with Gasteiger partial charge in [0.25, 0.3) is 5.56 Å². The number of piperazine rings is 1. The number of ether oxygens (including phenoxy) is 1. The predicted octanol–water partition coefficient (Wildman–Crippen LogP) is 4.28. The van der Waals surface area contributed by atoms with E-state index in [2.05, 4.69) is 50.6 Å². The van der Waals surface area contributed by atoms with Gasteiger partial charge >= 0.3 is 0 Å². The lowest BCUT2D eigenvalue weighted by atomic mass is 10.0. The number of hydrogen-bond donors (Lipinski definition) is 2. The molecule has 2 aliphatic rings. The molecule has 0 bridgehead atoms. The van der Waals surface area contributed by atoms with Gasteiger partial charge in [-0.15, -0.1) is 0 Å². The molecule has 1 atom stereocenters. The lowest BCUT2D eigenvalue weighted by Gasteiger charge is -2.30. The minimum Gasteiger partial charge on any atom is -0.379 e. The summed E-state index contributed by atoms with van der Waals surface area (Å²) in [4.78, 5) is 30.4. The van der Waals surface area contributed by atoms with Crippen molar-refractivity contribution in [3.63, 3.8) is 0 Å². The van der Waals surface area contributed by atoms with Crippen LogP contribution in [0.4, 0.5) is 17.3 Å². The summed E-state index contributed by atoms with van der Waals surface area (Å²) in [5.74, 6) is 1.33. The Morgan fingerprint density at radius 1 is 1.02 bits per heavy atom. The van der Waals surface area contributed by atoms with Gasteiger partial charge in [-0.2, -0.15) is 4.98 Å². The van der Waals surface area contributed by atoms with Gasteiger partial charge in [0.05, 0.1) is 12.6 Å². The second kappa shape index (κ2) is 11.0. The fourth-order valence-corrected chi connectivity index (χ4v) is 6.02. The number of fused-ring (bicyclic) bond motifs is 1. The van der Waals surface area contributed by atoms with Crippen LogP contribution >= 0.6 is 0 Å². The van der Waals surface area contributed by atoms with Gasteiger partial charge in [-0.05, 0) is 48.7 Å². The molecule has 2 saturated heterocycles. The first-order valence-corrected chi connectivity index (χ1v) is 14.5. The first-order valence-electron chi connectivity index (χ1n) is 14.5. The molecule has 10 heteroatoms. The summed E-state index contributed by atoms with van der Waals surface area (Å²) in [5, 5.41) is 7.58. The molecule has 42 heavy (non-hydrogen) atoms. The molecule has 2 aliphatic heterocycles. The van der Waals surface area contributed by atoms with E-state index in [1.807, 2.05) is 48.1 Å². The van der Waals surface area contributed by atoms with Gasteiger partial charge < -0.3 is 24.8 Å². The monoisotopic (exact) mass is 562 g/mol. The highest BCUT2D eigenvalue weighted by molar-refractivity contribution is 5.82. The highest BCUT2D eigenvalue weighted by Crippen LogP contribution is 2.29. The SMILES string of the molecule is Cc1cc(Nc2ncc3cc(-c4ccc(-c5nccn5C)cc4)c(=O)n(C4CCOC4)c3n2)ccc1N1CCNCC1.